The van der Waals surface area contributed by atoms with Crippen LogP contribution in [0.5, 0.6) is 0 Å². The number of nitrogens with zero attached hydrogens (tertiary/aromatic N) is 2. The van der Waals surface area contributed by atoms with Gasteiger partial charge in [-0.25, -0.2) is 0 Å². The maximum absolute atomic E-state index is 12.5. The van der Waals surface area contributed by atoms with Crippen molar-refractivity contribution in [1.82, 2.24) is 15.2 Å². The van der Waals surface area contributed by atoms with E-state index < -0.39 is 0 Å². The smallest absolute Gasteiger partial charge is 0.270 e. The fraction of sp³-hybridized carbons (Fsp3) is 0.471. The molecule has 0 spiro atoms. The van der Waals surface area contributed by atoms with Gasteiger partial charge >= 0.3 is 0 Å². The van der Waals surface area contributed by atoms with Crippen molar-refractivity contribution in [3.63, 3.8) is 0 Å². The van der Waals surface area contributed by atoms with E-state index in [-0.39, 0.29) is 23.5 Å². The van der Waals surface area contributed by atoms with Crippen molar-refractivity contribution in [2.75, 3.05) is 19.6 Å². The fourth-order valence-electron chi connectivity index (χ4n) is 3.60. The lowest BCUT2D eigenvalue weighted by molar-refractivity contribution is 0.0618. The van der Waals surface area contributed by atoms with Gasteiger partial charge in [0.15, 0.2) is 11.5 Å². The average Bonchev–Trinajstić information content (AvgIpc) is 2.99. The van der Waals surface area contributed by atoms with Crippen molar-refractivity contribution in [3.05, 3.63) is 29.8 Å². The molecule has 1 N–H and O–H groups in total. The minimum atomic E-state index is -0.175. The Bertz CT molecular complexity index is 774. The molecule has 5 rings (SSSR count). The third kappa shape index (κ3) is 2.63. The Kier molecular flexibility index (Phi) is 3.41. The van der Waals surface area contributed by atoms with E-state index in [1.165, 1.54) is 6.92 Å². The zero-order valence-electron chi connectivity index (χ0n) is 13.0. The van der Waals surface area contributed by atoms with Crippen LogP contribution in [0, 0.1) is 5.92 Å². The van der Waals surface area contributed by atoms with E-state index in [0.717, 1.165) is 37.9 Å². The predicted octanol–water partition coefficient (Wildman–Crippen LogP) is 1.85. The molecular formula is C17H19N3O3. The highest BCUT2D eigenvalue weighted by Crippen LogP contribution is 2.27. The molecule has 0 unspecified atom stereocenters. The first-order valence-electron chi connectivity index (χ1n) is 8.04. The molecule has 2 bridgehead atoms. The van der Waals surface area contributed by atoms with E-state index >= 15 is 0 Å². The number of piperidine rings is 3. The summed E-state index contributed by atoms with van der Waals surface area (Å²) in [7, 11) is 0. The van der Waals surface area contributed by atoms with Crippen LogP contribution in [0.1, 0.15) is 40.8 Å². The minimum Gasteiger partial charge on any atom is -0.453 e. The molecule has 3 aliphatic rings. The molecule has 0 aliphatic carbocycles. The number of hydrogen-bond acceptors (Lipinski definition) is 5. The number of furan rings is 1. The topological polar surface area (TPSA) is 75.4 Å². The van der Waals surface area contributed by atoms with E-state index in [2.05, 4.69) is 15.2 Å². The Balaban J connectivity index is 1.54. The summed E-state index contributed by atoms with van der Waals surface area (Å²) >= 11 is 0. The molecule has 5 heterocycles. The number of aromatic nitrogens is 1. The minimum absolute atomic E-state index is 0.139. The molecule has 0 radical (unpaired) electrons. The van der Waals surface area contributed by atoms with Gasteiger partial charge in [0, 0.05) is 37.2 Å². The van der Waals surface area contributed by atoms with Gasteiger partial charge < -0.3 is 14.6 Å². The quantitative estimate of drug-likeness (QED) is 0.875. The molecule has 3 saturated heterocycles. The van der Waals surface area contributed by atoms with Crippen LogP contribution < -0.4 is 5.32 Å². The summed E-state index contributed by atoms with van der Waals surface area (Å²) in [6.07, 6.45) is 3.88. The molecule has 1 amide bonds. The number of Topliss-reactive ketones (excluding diaryl/α,β-unsaturated/α-hetero) is 1. The van der Waals surface area contributed by atoms with E-state index in [9.17, 15) is 9.59 Å². The molecule has 6 heteroatoms. The van der Waals surface area contributed by atoms with E-state index in [0.29, 0.717) is 17.2 Å². The summed E-state index contributed by atoms with van der Waals surface area (Å²) < 4.78 is 5.48. The Hall–Kier alpha value is -2.21. The lowest BCUT2D eigenvalue weighted by Gasteiger charge is -2.44. The number of hydrogen-bond donors (Lipinski definition) is 1. The first-order chi connectivity index (χ1) is 11.1. The van der Waals surface area contributed by atoms with Gasteiger partial charge in [-0.2, -0.15) is 0 Å². The van der Waals surface area contributed by atoms with E-state index in [1.54, 1.807) is 18.3 Å². The highest BCUT2D eigenvalue weighted by Gasteiger charge is 2.35. The zero-order chi connectivity index (χ0) is 16.0. The SMILES string of the molecule is CC(=O)c1cc2cnc(C(=O)N[C@H]3CN4CCC3CC4)cc2o1. The summed E-state index contributed by atoms with van der Waals surface area (Å²) in [4.78, 5) is 30.5. The van der Waals surface area contributed by atoms with Crippen LogP contribution in [0.4, 0.5) is 0 Å². The average molecular weight is 313 g/mol. The molecule has 0 aromatic carbocycles. The van der Waals surface area contributed by atoms with Gasteiger partial charge in [0.05, 0.1) is 0 Å². The maximum Gasteiger partial charge on any atom is 0.270 e. The van der Waals surface area contributed by atoms with Gasteiger partial charge in [-0.1, -0.05) is 0 Å². The summed E-state index contributed by atoms with van der Waals surface area (Å²) in [6.45, 7) is 4.66. The van der Waals surface area contributed by atoms with Crippen LogP contribution in [-0.4, -0.2) is 47.3 Å². The third-order valence-corrected chi connectivity index (χ3v) is 4.95. The predicted molar refractivity (Wildman–Crippen MR) is 84.4 cm³/mol. The molecule has 120 valence electrons. The normalized spacial score (nSPS) is 26.4. The molecule has 0 saturated carbocycles. The van der Waals surface area contributed by atoms with Crippen LogP contribution in [0.3, 0.4) is 0 Å². The Morgan fingerprint density at radius 1 is 1.30 bits per heavy atom. The van der Waals surface area contributed by atoms with Crippen LogP contribution in [0.15, 0.2) is 22.7 Å². The number of rotatable bonds is 3. The summed E-state index contributed by atoms with van der Waals surface area (Å²) in [5, 5.41) is 3.84. The van der Waals surface area contributed by atoms with Gasteiger partial charge in [-0.3, -0.25) is 14.6 Å². The molecular weight excluding hydrogens is 294 g/mol. The second-order valence-corrected chi connectivity index (χ2v) is 6.49. The Labute approximate surface area is 133 Å². The largest absolute Gasteiger partial charge is 0.453 e. The first kappa shape index (κ1) is 14.4. The molecule has 3 fully saturated rings. The van der Waals surface area contributed by atoms with Crippen LogP contribution in [0.25, 0.3) is 11.0 Å². The van der Waals surface area contributed by atoms with Crippen molar-refractivity contribution in [3.8, 4) is 0 Å². The van der Waals surface area contributed by atoms with Crippen LogP contribution in [-0.2, 0) is 0 Å². The lowest BCUT2D eigenvalue weighted by Crippen LogP contribution is -2.57. The second-order valence-electron chi connectivity index (χ2n) is 6.49. The molecule has 2 aromatic heterocycles. The van der Waals surface area contributed by atoms with Crippen molar-refractivity contribution in [1.29, 1.82) is 0 Å². The molecule has 2 aromatic rings. The zero-order valence-corrected chi connectivity index (χ0v) is 13.0. The Morgan fingerprint density at radius 2 is 2.09 bits per heavy atom. The molecule has 3 aliphatic heterocycles. The summed E-state index contributed by atoms with van der Waals surface area (Å²) in [6, 6.07) is 3.46. The number of amides is 1. The van der Waals surface area contributed by atoms with Crippen molar-refractivity contribution >= 4 is 22.7 Å². The molecule has 6 nitrogen and oxygen atoms in total. The Morgan fingerprint density at radius 3 is 2.74 bits per heavy atom. The van der Waals surface area contributed by atoms with Crippen molar-refractivity contribution in [2.45, 2.75) is 25.8 Å². The number of carbonyl (C=O) groups is 2. The molecule has 23 heavy (non-hydrogen) atoms. The summed E-state index contributed by atoms with van der Waals surface area (Å²) in [5.41, 5.74) is 0.850. The van der Waals surface area contributed by atoms with Crippen LogP contribution in [0.2, 0.25) is 0 Å². The number of carbonyl (C=O) groups excluding carboxylic acids is 2. The standard InChI is InChI=1S/C17H19N3O3/c1-10(21)15-6-12-8-18-13(7-16(12)23-15)17(22)19-14-9-20-4-2-11(14)3-5-20/h6-8,11,14H,2-5,9H2,1H3,(H,19,22)/t14-/m0/s1. The number of fused-ring (bicyclic) bond motifs is 4. The lowest BCUT2D eigenvalue weighted by atomic mass is 9.84. The van der Waals surface area contributed by atoms with E-state index in [1.807, 2.05) is 0 Å². The van der Waals surface area contributed by atoms with Gasteiger partial charge in [-0.05, 0) is 37.9 Å². The van der Waals surface area contributed by atoms with Gasteiger partial charge in [0.1, 0.15) is 11.3 Å². The third-order valence-electron chi connectivity index (χ3n) is 4.95. The van der Waals surface area contributed by atoms with Crippen molar-refractivity contribution in [2.24, 2.45) is 5.92 Å². The number of pyridine rings is 1. The monoisotopic (exact) mass is 313 g/mol. The molecule has 1 atom stereocenters. The fourth-order valence-corrected chi connectivity index (χ4v) is 3.60. The van der Waals surface area contributed by atoms with E-state index in [4.69, 9.17) is 4.42 Å². The number of ketones is 1. The van der Waals surface area contributed by atoms with Crippen LogP contribution >= 0.6 is 0 Å². The summed E-state index contributed by atoms with van der Waals surface area (Å²) in [5.74, 6) is 0.545. The maximum atomic E-state index is 12.5. The highest BCUT2D eigenvalue weighted by molar-refractivity contribution is 5.98. The first-order valence-corrected chi connectivity index (χ1v) is 8.04. The highest BCUT2D eigenvalue weighted by atomic mass is 16.3. The van der Waals surface area contributed by atoms with Gasteiger partial charge in [0.25, 0.3) is 5.91 Å². The second kappa shape index (κ2) is 5.45. The van der Waals surface area contributed by atoms with Gasteiger partial charge in [-0.15, -0.1) is 0 Å². The van der Waals surface area contributed by atoms with Crippen molar-refractivity contribution < 1.29 is 14.0 Å². The number of nitrogens with one attached hydrogen (secondary N) is 1. The van der Waals surface area contributed by atoms with Gasteiger partial charge in [0.2, 0.25) is 0 Å².